The van der Waals surface area contributed by atoms with Crippen LogP contribution in [0.25, 0.3) is 10.8 Å². The van der Waals surface area contributed by atoms with Crippen LogP contribution in [0.1, 0.15) is 12.0 Å². The van der Waals surface area contributed by atoms with Crippen molar-refractivity contribution in [1.29, 1.82) is 0 Å². The summed E-state index contributed by atoms with van der Waals surface area (Å²) in [4.78, 5) is 29.0. The van der Waals surface area contributed by atoms with E-state index in [1.165, 1.54) is 9.21 Å². The molecule has 0 N–H and O–H groups in total. The highest BCUT2D eigenvalue weighted by Crippen LogP contribution is 2.26. The number of amides is 2. The van der Waals surface area contributed by atoms with Crippen LogP contribution in [0.3, 0.4) is 0 Å². The van der Waals surface area contributed by atoms with E-state index in [0.717, 1.165) is 16.3 Å². The molecule has 3 aromatic rings. The Bertz CT molecular complexity index is 1300. The van der Waals surface area contributed by atoms with E-state index in [1.54, 1.807) is 12.1 Å². The molecule has 2 aliphatic rings. The van der Waals surface area contributed by atoms with Gasteiger partial charge in [-0.25, -0.2) is 8.42 Å². The van der Waals surface area contributed by atoms with Crippen LogP contribution in [0.5, 0.6) is 0 Å². The predicted octanol–water partition coefficient (Wildman–Crippen LogP) is 2.47. The number of hydrogen-bond donors (Lipinski definition) is 0. The van der Waals surface area contributed by atoms with Crippen molar-refractivity contribution in [2.75, 3.05) is 26.2 Å². The second-order valence-corrected chi connectivity index (χ2v) is 10.4. The smallest absolute Gasteiger partial charge is 0.247 e. The quantitative estimate of drug-likeness (QED) is 0.544. The molecule has 2 fully saturated rings. The van der Waals surface area contributed by atoms with Crippen LogP contribution in [0.2, 0.25) is 0 Å². The zero-order chi connectivity index (χ0) is 23.0. The van der Waals surface area contributed by atoms with Crippen LogP contribution in [-0.4, -0.2) is 66.6 Å². The van der Waals surface area contributed by atoms with Crippen molar-refractivity contribution in [2.24, 2.45) is 0 Å². The van der Waals surface area contributed by atoms with Gasteiger partial charge in [-0.1, -0.05) is 60.7 Å². The van der Waals surface area contributed by atoms with Gasteiger partial charge < -0.3 is 0 Å². The van der Waals surface area contributed by atoms with E-state index in [1.807, 2.05) is 65.6 Å². The summed E-state index contributed by atoms with van der Waals surface area (Å²) in [6.45, 7) is 1.66. The summed E-state index contributed by atoms with van der Waals surface area (Å²) in [5.74, 6) is -0.380. The first-order valence-corrected chi connectivity index (χ1v) is 12.5. The molecule has 0 aliphatic carbocycles. The van der Waals surface area contributed by atoms with Gasteiger partial charge in [0.05, 0.1) is 23.9 Å². The fourth-order valence-electron chi connectivity index (χ4n) is 4.62. The highest BCUT2D eigenvalue weighted by molar-refractivity contribution is 7.89. The van der Waals surface area contributed by atoms with Gasteiger partial charge in [0.15, 0.2) is 0 Å². The lowest BCUT2D eigenvalue weighted by molar-refractivity contribution is -0.140. The molecular weight excluding hydrogens is 438 g/mol. The summed E-state index contributed by atoms with van der Waals surface area (Å²) in [7, 11) is -3.63. The van der Waals surface area contributed by atoms with Crippen molar-refractivity contribution in [3.63, 3.8) is 0 Å². The lowest BCUT2D eigenvalue weighted by Gasteiger charge is -2.36. The van der Waals surface area contributed by atoms with Crippen molar-refractivity contribution in [2.45, 2.75) is 23.9 Å². The number of sulfonamides is 1. The summed E-state index contributed by atoms with van der Waals surface area (Å²) >= 11 is 0. The number of likely N-dealkylation sites (tertiary alicyclic amines) is 1. The Morgan fingerprint density at radius 3 is 2.18 bits per heavy atom. The summed E-state index contributed by atoms with van der Waals surface area (Å²) in [5, 5.41) is 1.87. The lowest BCUT2D eigenvalue weighted by atomic mass is 10.1. The molecule has 5 rings (SSSR count). The zero-order valence-corrected chi connectivity index (χ0v) is 18.9. The van der Waals surface area contributed by atoms with E-state index in [9.17, 15) is 18.0 Å². The van der Waals surface area contributed by atoms with E-state index in [2.05, 4.69) is 0 Å². The number of piperazine rings is 1. The summed E-state index contributed by atoms with van der Waals surface area (Å²) < 4.78 is 27.9. The van der Waals surface area contributed by atoms with Gasteiger partial charge >= 0.3 is 0 Å². The highest BCUT2D eigenvalue weighted by Gasteiger charge is 2.43. The number of benzene rings is 3. The molecular formula is C25H25N3O4S. The van der Waals surface area contributed by atoms with Crippen LogP contribution in [0, 0.1) is 0 Å². The van der Waals surface area contributed by atoms with Crippen LogP contribution in [-0.2, 0) is 26.2 Å². The second kappa shape index (κ2) is 8.70. The Morgan fingerprint density at radius 1 is 0.788 bits per heavy atom. The Hall–Kier alpha value is -3.07. The molecule has 1 unspecified atom stereocenters. The van der Waals surface area contributed by atoms with Gasteiger partial charge in [0.1, 0.15) is 0 Å². The molecule has 0 aromatic heterocycles. The van der Waals surface area contributed by atoms with Crippen LogP contribution in [0.4, 0.5) is 0 Å². The summed E-state index contributed by atoms with van der Waals surface area (Å²) in [6.07, 6.45) is 0.142. The topological polar surface area (TPSA) is 78.0 Å². The molecule has 2 saturated heterocycles. The van der Waals surface area contributed by atoms with Crippen molar-refractivity contribution < 1.29 is 18.0 Å². The number of hydrogen-bond acceptors (Lipinski definition) is 5. The molecule has 33 heavy (non-hydrogen) atoms. The number of rotatable bonds is 5. The van der Waals surface area contributed by atoms with Crippen molar-refractivity contribution in [1.82, 2.24) is 14.1 Å². The molecule has 2 heterocycles. The number of fused-ring (bicyclic) bond motifs is 1. The van der Waals surface area contributed by atoms with Crippen molar-refractivity contribution in [3.8, 4) is 0 Å². The monoisotopic (exact) mass is 463 g/mol. The van der Waals surface area contributed by atoms with Crippen molar-refractivity contribution >= 4 is 32.6 Å². The minimum Gasteiger partial charge on any atom is -0.289 e. The van der Waals surface area contributed by atoms with E-state index in [-0.39, 0.29) is 42.8 Å². The maximum atomic E-state index is 13.2. The first-order valence-electron chi connectivity index (χ1n) is 11.0. The molecule has 7 nitrogen and oxygen atoms in total. The Labute approximate surface area is 193 Å². The average molecular weight is 464 g/mol. The summed E-state index contributed by atoms with van der Waals surface area (Å²) in [6, 6.07) is 21.8. The molecule has 2 amide bonds. The van der Waals surface area contributed by atoms with Gasteiger partial charge in [-0.05, 0) is 28.5 Å². The maximum absolute atomic E-state index is 13.2. The third kappa shape index (κ3) is 4.17. The fraction of sp³-hybridized carbons (Fsp3) is 0.280. The van der Waals surface area contributed by atoms with Crippen LogP contribution in [0.15, 0.2) is 77.7 Å². The second-order valence-electron chi connectivity index (χ2n) is 8.47. The molecule has 0 spiro atoms. The van der Waals surface area contributed by atoms with Crippen molar-refractivity contribution in [3.05, 3.63) is 78.4 Å². The van der Waals surface area contributed by atoms with E-state index in [0.29, 0.717) is 13.1 Å². The van der Waals surface area contributed by atoms with Gasteiger partial charge in [0.25, 0.3) is 0 Å². The zero-order valence-electron chi connectivity index (χ0n) is 18.1. The van der Waals surface area contributed by atoms with Gasteiger partial charge in [0, 0.05) is 26.2 Å². The number of nitrogens with zero attached hydrogens (tertiary/aromatic N) is 3. The third-order valence-corrected chi connectivity index (χ3v) is 8.37. The van der Waals surface area contributed by atoms with Gasteiger partial charge in [-0.2, -0.15) is 4.31 Å². The minimum atomic E-state index is -3.63. The fourth-order valence-corrected chi connectivity index (χ4v) is 6.07. The average Bonchev–Trinajstić information content (AvgIpc) is 3.13. The Morgan fingerprint density at radius 2 is 1.45 bits per heavy atom. The number of carbonyl (C=O) groups excluding carboxylic acids is 2. The highest BCUT2D eigenvalue weighted by atomic mass is 32.2. The van der Waals surface area contributed by atoms with E-state index < -0.39 is 16.1 Å². The predicted molar refractivity (Wildman–Crippen MR) is 125 cm³/mol. The standard InChI is InChI=1S/C25H25N3O4S/c29-24-17-23(25(30)28(24)18-19-6-2-1-3-7-19)26-12-14-27(15-13-26)33(31,32)22-11-10-20-8-4-5-9-21(20)16-22/h1-11,16,23H,12-15,17-18H2. The third-order valence-electron chi connectivity index (χ3n) is 6.48. The van der Waals surface area contributed by atoms with Crippen LogP contribution < -0.4 is 0 Å². The number of imide groups is 1. The van der Waals surface area contributed by atoms with Gasteiger partial charge in [0.2, 0.25) is 21.8 Å². The minimum absolute atomic E-state index is 0.142. The first kappa shape index (κ1) is 21.8. The molecule has 3 aromatic carbocycles. The maximum Gasteiger partial charge on any atom is 0.247 e. The molecule has 0 radical (unpaired) electrons. The van der Waals surface area contributed by atoms with E-state index >= 15 is 0 Å². The Balaban J connectivity index is 1.26. The molecule has 8 heteroatoms. The number of carbonyl (C=O) groups is 2. The Kier molecular flexibility index (Phi) is 5.74. The normalized spacial score (nSPS) is 20.6. The molecule has 1 atom stereocenters. The largest absolute Gasteiger partial charge is 0.289 e. The SMILES string of the molecule is O=C1CC(N2CCN(S(=O)(=O)c3ccc4ccccc4c3)CC2)C(=O)N1Cc1ccccc1. The first-order chi connectivity index (χ1) is 15.9. The van der Waals surface area contributed by atoms with Crippen LogP contribution >= 0.6 is 0 Å². The van der Waals surface area contributed by atoms with Gasteiger partial charge in [-0.15, -0.1) is 0 Å². The molecule has 0 saturated carbocycles. The molecule has 170 valence electrons. The molecule has 0 bridgehead atoms. The molecule has 2 aliphatic heterocycles. The van der Waals surface area contributed by atoms with Gasteiger partial charge in [-0.3, -0.25) is 19.4 Å². The van der Waals surface area contributed by atoms with E-state index in [4.69, 9.17) is 0 Å². The summed E-state index contributed by atoms with van der Waals surface area (Å²) in [5.41, 5.74) is 0.908. The lowest BCUT2D eigenvalue weighted by Crippen LogP contribution is -2.53.